The highest BCUT2D eigenvalue weighted by Gasteiger charge is 2.67. The standard InChI is InChI=1S/C20H29NO4.C15H22BrNO2.C15H23NO3.C15H21NO2.C14H21NO3/c1-13(21-2)10-14-6-7-17-19(23-14)11-15(22-17)18-16(12-19)24-20(25-18)8-4-3-5-9-20;1-9(17-3)6-11-4-5-14-15(19-11)7-12(16)10(2)13(8-15)18-14;1-9(16-3)6-11-4-5-14-15(19-11)7-12(17)10(2)13(8-15)18-14;1-10-6-7-15-9-13(10)17-14(15)5-4-12(18-15)8-11(2)16-3;1-9(15-3)6-11-4-5-13-14(18-11)7-12(17-13)10(2)16-8-14/h13-18H,3-12H2,1H3;9-14H,4-8H2,1-2H3;9-14,17H,4-8H2,1-2H3;6-7,10-14H,4-5,8-9H2,1-2H3;9-13H,4-8H2,1-2H3/t13-,14-,15-,16-,17+,18?,19-;9-,10-,11-,12+,13-,14+,15+;9-,10?,11-,12-,13-,14+,15+;10-,11-,12-,13-,14+,15+;9-,10?,11-,12-,13+,14-/m11111/s1. The van der Waals surface area contributed by atoms with E-state index in [0.29, 0.717) is 41.9 Å². The first-order chi connectivity index (χ1) is 47.4. The van der Waals surface area contributed by atoms with Crippen LogP contribution in [-0.4, -0.2) is 197 Å². The molecule has 17 rings (SSSR count). The summed E-state index contributed by atoms with van der Waals surface area (Å²) >= 11 is 3.81. The molecule has 12 heterocycles. The topological polar surface area (TPSA) is 162 Å². The predicted octanol–water partition coefficient (Wildman–Crippen LogP) is 14.5. The van der Waals surface area contributed by atoms with Crippen LogP contribution in [0.15, 0.2) is 12.2 Å². The summed E-state index contributed by atoms with van der Waals surface area (Å²) < 4.78 is 81.8. The van der Waals surface area contributed by atoms with Gasteiger partial charge in [-0.3, -0.25) is 0 Å². The van der Waals surface area contributed by atoms with E-state index >= 15 is 0 Å². The van der Waals surface area contributed by atoms with E-state index in [-0.39, 0.29) is 174 Å². The van der Waals surface area contributed by atoms with Crippen molar-refractivity contribution in [3.63, 3.8) is 0 Å². The summed E-state index contributed by atoms with van der Waals surface area (Å²) in [6.45, 7) is 54.7. The number of halogens is 1. The highest BCUT2D eigenvalue weighted by atomic mass is 79.9. The number of aliphatic hydroxyl groups is 1. The van der Waals surface area contributed by atoms with E-state index in [4.69, 9.17) is 94.4 Å². The zero-order valence-corrected chi connectivity index (χ0v) is 62.3. The number of ether oxygens (including phenoxy) is 13. The van der Waals surface area contributed by atoms with Crippen molar-refractivity contribution in [1.29, 1.82) is 0 Å². The van der Waals surface area contributed by atoms with E-state index in [2.05, 4.69) is 80.0 Å². The van der Waals surface area contributed by atoms with Crippen LogP contribution in [0.5, 0.6) is 0 Å². The Morgan fingerprint density at radius 1 is 0.424 bits per heavy atom. The van der Waals surface area contributed by atoms with Crippen molar-refractivity contribution < 1.29 is 66.7 Å². The number of alkyl halides is 1. The number of hydrogen-bond acceptors (Lipinski definition) is 14. The molecule has 6 spiro atoms. The molecule has 0 radical (unpaired) electrons. The Bertz CT molecular complexity index is 2960. The average molecular weight is 1440 g/mol. The Labute approximate surface area is 600 Å². The molecule has 0 aromatic carbocycles. The van der Waals surface area contributed by atoms with E-state index in [1.54, 1.807) is 0 Å². The van der Waals surface area contributed by atoms with Gasteiger partial charge in [0.05, 0.1) is 133 Å². The van der Waals surface area contributed by atoms with Crippen molar-refractivity contribution >= 4 is 15.9 Å². The molecule has 548 valence electrons. The molecule has 12 aliphatic heterocycles. The molecule has 16 fully saturated rings. The second-order valence-corrected chi connectivity index (χ2v) is 35.2. The Balaban J connectivity index is 0.000000112. The first-order valence-electron chi connectivity index (χ1n) is 38.9. The third kappa shape index (κ3) is 15.4. The van der Waals surface area contributed by atoms with E-state index in [1.165, 1.54) is 19.3 Å². The van der Waals surface area contributed by atoms with Gasteiger partial charge in [-0.15, -0.1) is 0 Å². The second kappa shape index (κ2) is 30.5. The van der Waals surface area contributed by atoms with Gasteiger partial charge in [-0.1, -0.05) is 55.3 Å². The molecule has 17 aliphatic rings. The average Bonchev–Trinajstić information content (AvgIpc) is 1.57. The molecule has 12 saturated heterocycles. The zero-order chi connectivity index (χ0) is 69.8. The molecule has 0 amide bonds. The van der Waals surface area contributed by atoms with Crippen molar-refractivity contribution in [2.24, 2.45) is 17.8 Å². The molecule has 1 N–H and O–H groups in total. The lowest BCUT2D eigenvalue weighted by Gasteiger charge is -2.44. The van der Waals surface area contributed by atoms with Crippen molar-refractivity contribution in [1.82, 2.24) is 0 Å². The van der Waals surface area contributed by atoms with Crippen molar-refractivity contribution in [3.8, 4) is 0 Å². The summed E-state index contributed by atoms with van der Waals surface area (Å²) in [4.78, 5) is 18.5. The maximum atomic E-state index is 10.2. The molecule has 4 saturated carbocycles. The van der Waals surface area contributed by atoms with Gasteiger partial charge in [0.2, 0.25) is 30.2 Å². The monoisotopic (exact) mass is 1440 g/mol. The second-order valence-electron chi connectivity index (χ2n) is 34.1. The summed E-state index contributed by atoms with van der Waals surface area (Å²) in [7, 11) is 0. The fourth-order valence-electron chi connectivity index (χ4n) is 20.9. The fraction of sp³-hybridized carbons (Fsp3) is 0.911. The van der Waals surface area contributed by atoms with E-state index in [0.717, 1.165) is 154 Å². The Morgan fingerprint density at radius 2 is 0.828 bits per heavy atom. The summed E-state index contributed by atoms with van der Waals surface area (Å²) in [6, 6.07) is 0.225. The predicted molar refractivity (Wildman–Crippen MR) is 374 cm³/mol. The number of nitrogens with zero attached hydrogens (tertiary/aromatic N) is 5. The smallest absolute Gasteiger partial charge is 0.223 e. The van der Waals surface area contributed by atoms with Gasteiger partial charge in [0.25, 0.3) is 0 Å². The van der Waals surface area contributed by atoms with Gasteiger partial charge in [0, 0.05) is 141 Å². The molecule has 20 heteroatoms. The van der Waals surface area contributed by atoms with Crippen molar-refractivity contribution in [3.05, 3.63) is 69.2 Å². The first kappa shape index (κ1) is 74.4. The molecule has 5 aliphatic carbocycles. The van der Waals surface area contributed by atoms with Crippen LogP contribution in [0.4, 0.5) is 0 Å². The molecular weight excluding hydrogens is 1320 g/mol. The molecule has 10 bridgehead atoms. The third-order valence-corrected chi connectivity index (χ3v) is 27.8. The third-order valence-electron chi connectivity index (χ3n) is 26.6. The van der Waals surface area contributed by atoms with Gasteiger partial charge >= 0.3 is 0 Å². The van der Waals surface area contributed by atoms with Gasteiger partial charge in [-0.25, -0.2) is 32.9 Å². The largest absolute Gasteiger partial charge is 0.393 e. The molecule has 0 aromatic heterocycles. The molecule has 3 unspecified atom stereocenters. The summed E-state index contributed by atoms with van der Waals surface area (Å²) in [5.74, 6) is 0.937. The number of hydrogen-bond donors (Lipinski definition) is 1. The summed E-state index contributed by atoms with van der Waals surface area (Å²) in [5.41, 5.74) is -0.957. The number of aliphatic hydroxyl groups excluding tert-OH is 1. The summed E-state index contributed by atoms with van der Waals surface area (Å²) in [5, 5.41) is 10.2. The van der Waals surface area contributed by atoms with Gasteiger partial charge in [-0.2, -0.15) is 0 Å². The van der Waals surface area contributed by atoms with E-state index in [1.807, 2.05) is 34.6 Å². The SMILES string of the molecule is [C-]#[N+][C@H](C)C[C@H]1CC[C@@H]2O[C@@H]3C[C@]2(C=C[C@H]3C)O1.[C-]#[N+][C@H](C)C[C@H]1CC[C@@H]2O[C@@H]3C[C@]2(COC3C)O1.[C-]#[N+][C@H](C)C[C@H]1CC[C@@H]2O[C@@H]3C[C@]2(C[C@@H](O)C3C)O1.[C-]#[N+][C@H](C)C[C@H]1CC[C@@H]2O[C@@H]3C[C@]2(C[C@H](Br)[C@H]3C)O1.[C-]#[N+][C@H](C)C[C@H]1CC[C@@H]2O[C@@H]3C[C@]2(C[C@H]2OC4(CCCCC4)OC32)O1. The van der Waals surface area contributed by atoms with Crippen LogP contribution in [0, 0.1) is 50.6 Å². The van der Waals surface area contributed by atoms with Crippen LogP contribution in [0.1, 0.15) is 242 Å². The minimum Gasteiger partial charge on any atom is -0.393 e. The Kier molecular flexibility index (Phi) is 22.9. The van der Waals surface area contributed by atoms with Gasteiger partial charge in [-0.05, 0) is 96.3 Å². The molecule has 33 atom stereocenters. The molecule has 19 nitrogen and oxygen atoms in total. The quantitative estimate of drug-likeness (QED) is 0.125. The van der Waals surface area contributed by atoms with Crippen molar-refractivity contribution in [2.45, 2.75) is 427 Å². The Morgan fingerprint density at radius 3 is 1.35 bits per heavy atom. The minimum absolute atomic E-state index is 0.0171. The number of fused-ring (bicyclic) bond motifs is 7. The van der Waals surface area contributed by atoms with Crippen LogP contribution in [-0.2, 0) is 61.6 Å². The first-order valence-corrected chi connectivity index (χ1v) is 39.8. The fourth-order valence-corrected chi connectivity index (χ4v) is 21.8. The van der Waals surface area contributed by atoms with Crippen LogP contribution < -0.4 is 0 Å². The lowest BCUT2D eigenvalue weighted by molar-refractivity contribution is -0.215. The van der Waals surface area contributed by atoms with Gasteiger partial charge in [0.1, 0.15) is 17.3 Å². The Hall–Kier alpha value is -2.89. The van der Waals surface area contributed by atoms with Crippen LogP contribution in [0.25, 0.3) is 24.2 Å². The lowest BCUT2D eigenvalue weighted by atomic mass is 9.73. The van der Waals surface area contributed by atoms with E-state index in [9.17, 15) is 5.11 Å². The summed E-state index contributed by atoms with van der Waals surface area (Å²) in [6.07, 6.45) is 35.5. The highest BCUT2D eigenvalue weighted by Crippen LogP contribution is 2.58. The van der Waals surface area contributed by atoms with Gasteiger partial charge in [0.15, 0.2) is 5.79 Å². The minimum atomic E-state index is -0.347. The van der Waals surface area contributed by atoms with Gasteiger partial charge < -0.3 is 90.9 Å². The molecule has 99 heavy (non-hydrogen) atoms. The van der Waals surface area contributed by atoms with Crippen LogP contribution in [0.2, 0.25) is 0 Å². The normalized spacial score (nSPS) is 49.0. The van der Waals surface area contributed by atoms with Crippen LogP contribution in [0.3, 0.4) is 0 Å². The van der Waals surface area contributed by atoms with Crippen LogP contribution >= 0.6 is 15.9 Å². The van der Waals surface area contributed by atoms with E-state index < -0.39 is 0 Å². The van der Waals surface area contributed by atoms with Crippen molar-refractivity contribution in [2.75, 3.05) is 6.61 Å². The maximum Gasteiger partial charge on any atom is 0.223 e. The molecular formula is C79H116BrN5O14. The zero-order valence-electron chi connectivity index (χ0n) is 60.7. The highest BCUT2D eigenvalue weighted by molar-refractivity contribution is 9.09. The maximum absolute atomic E-state index is 10.2. The number of rotatable bonds is 10. The lowest BCUT2D eigenvalue weighted by Crippen LogP contribution is -2.53. The molecule has 0 aromatic rings.